The van der Waals surface area contributed by atoms with Crippen LogP contribution in [0.3, 0.4) is 0 Å². The van der Waals surface area contributed by atoms with Gasteiger partial charge in [0.2, 0.25) is 5.91 Å². The van der Waals surface area contributed by atoms with E-state index in [0.717, 1.165) is 24.3 Å². The van der Waals surface area contributed by atoms with E-state index in [4.69, 9.17) is 0 Å². The monoisotopic (exact) mass is 699 g/mol. The van der Waals surface area contributed by atoms with E-state index >= 15 is 0 Å². The molecule has 1 aliphatic carbocycles. The second-order valence-electron chi connectivity index (χ2n) is 12.1. The lowest BCUT2D eigenvalue weighted by Gasteiger charge is -2.29. The lowest BCUT2D eigenvalue weighted by Crippen LogP contribution is -2.57. The number of aromatic amines is 1. The number of H-pyrrole nitrogens is 1. The van der Waals surface area contributed by atoms with Gasteiger partial charge in [0, 0.05) is 23.8 Å². The Kier molecular flexibility index (Phi) is 11.6. The van der Waals surface area contributed by atoms with Gasteiger partial charge in [-0.15, -0.1) is 0 Å². The van der Waals surface area contributed by atoms with Crippen LogP contribution in [0.5, 0.6) is 0 Å². The first kappa shape index (κ1) is 36.9. The maximum atomic E-state index is 14.1. The van der Waals surface area contributed by atoms with Crippen molar-refractivity contribution >= 4 is 21.7 Å². The number of carbonyl (C=O) groups is 2. The van der Waals surface area contributed by atoms with Crippen molar-refractivity contribution < 1.29 is 45.1 Å². The van der Waals surface area contributed by atoms with Crippen molar-refractivity contribution in [3.63, 3.8) is 0 Å². The Balaban J connectivity index is 1.57. The number of halogens is 5. The largest absolute Gasteiger partial charge is 0.416 e. The summed E-state index contributed by atoms with van der Waals surface area (Å²) in [5, 5.41) is 25.7. The predicted molar refractivity (Wildman–Crippen MR) is 166 cm³/mol. The fourth-order valence-corrected chi connectivity index (χ4v) is 6.97. The van der Waals surface area contributed by atoms with Crippen molar-refractivity contribution in [2.75, 3.05) is 18.1 Å². The molecule has 0 spiro atoms. The molecule has 1 fully saturated rings. The minimum Gasteiger partial charge on any atom is -0.390 e. The SMILES string of the molecule is CCCCS(=O)(=O)C[C@@H](NC(=O)c1cc(C)[nH]n1)C(=O)N[C@@H](Cc1cc(F)cc(F)c1)[C@H](O)CNC1(c2cccc(C(F)(F)F)c2)CC1. The van der Waals surface area contributed by atoms with Crippen LogP contribution in [0, 0.1) is 18.6 Å². The van der Waals surface area contributed by atoms with Crippen molar-refractivity contribution in [3.8, 4) is 0 Å². The molecule has 1 saturated carbocycles. The normalized spacial score (nSPS) is 16.2. The van der Waals surface area contributed by atoms with Crippen LogP contribution in [0.4, 0.5) is 22.0 Å². The summed E-state index contributed by atoms with van der Waals surface area (Å²) in [6.45, 7) is 3.16. The summed E-state index contributed by atoms with van der Waals surface area (Å²) >= 11 is 0. The number of aliphatic hydroxyl groups excluding tert-OH is 1. The molecule has 262 valence electrons. The third-order valence-electron chi connectivity index (χ3n) is 8.10. The Labute approximate surface area is 274 Å². The number of hydrogen-bond acceptors (Lipinski definition) is 7. The zero-order valence-electron chi connectivity index (χ0n) is 26.3. The van der Waals surface area contributed by atoms with Crippen LogP contribution in [-0.2, 0) is 32.8 Å². The van der Waals surface area contributed by atoms with E-state index in [1.165, 1.54) is 18.2 Å². The van der Waals surface area contributed by atoms with Gasteiger partial charge in [0.1, 0.15) is 23.4 Å². The van der Waals surface area contributed by atoms with Crippen molar-refractivity contribution in [1.82, 2.24) is 26.1 Å². The molecule has 0 radical (unpaired) electrons. The van der Waals surface area contributed by atoms with E-state index < -0.39 is 74.5 Å². The number of hydrogen-bond donors (Lipinski definition) is 5. The number of nitrogens with zero attached hydrogens (tertiary/aromatic N) is 1. The van der Waals surface area contributed by atoms with Gasteiger partial charge in [-0.3, -0.25) is 14.7 Å². The first-order chi connectivity index (χ1) is 22.5. The molecule has 0 aliphatic heterocycles. The van der Waals surface area contributed by atoms with Gasteiger partial charge in [0.05, 0.1) is 29.2 Å². The molecular weight excluding hydrogens is 661 g/mol. The molecule has 0 saturated heterocycles. The highest BCUT2D eigenvalue weighted by Crippen LogP contribution is 2.46. The third-order valence-corrected chi connectivity index (χ3v) is 9.85. The Morgan fingerprint density at radius 1 is 1.06 bits per heavy atom. The number of rotatable bonds is 16. The van der Waals surface area contributed by atoms with Crippen molar-refractivity contribution in [2.45, 2.75) is 75.9 Å². The van der Waals surface area contributed by atoms with Gasteiger partial charge in [0.15, 0.2) is 9.84 Å². The predicted octanol–water partition coefficient (Wildman–Crippen LogP) is 3.70. The van der Waals surface area contributed by atoms with Gasteiger partial charge in [-0.1, -0.05) is 25.5 Å². The number of unbranched alkanes of at least 4 members (excludes halogenated alkanes) is 1. The van der Waals surface area contributed by atoms with Crippen molar-refractivity contribution in [1.29, 1.82) is 0 Å². The summed E-state index contributed by atoms with van der Waals surface area (Å²) in [5.41, 5.74) is -0.874. The minimum absolute atomic E-state index is 0.0546. The fraction of sp³-hybridized carbons (Fsp3) is 0.469. The molecule has 2 aromatic carbocycles. The van der Waals surface area contributed by atoms with E-state index in [0.29, 0.717) is 43.0 Å². The van der Waals surface area contributed by atoms with Crippen LogP contribution in [0.2, 0.25) is 0 Å². The van der Waals surface area contributed by atoms with Crippen LogP contribution >= 0.6 is 0 Å². The number of aryl methyl sites for hydroxylation is 1. The van der Waals surface area contributed by atoms with Crippen LogP contribution < -0.4 is 16.0 Å². The number of sulfone groups is 1. The number of aliphatic hydroxyl groups is 1. The summed E-state index contributed by atoms with van der Waals surface area (Å²) in [6.07, 6.45) is -4.56. The molecule has 1 heterocycles. The lowest BCUT2D eigenvalue weighted by atomic mass is 9.98. The van der Waals surface area contributed by atoms with Crippen LogP contribution in [0.1, 0.15) is 65.5 Å². The average Bonchev–Trinajstić information content (AvgIpc) is 3.68. The van der Waals surface area contributed by atoms with E-state index in [1.807, 2.05) is 0 Å². The number of aromatic nitrogens is 2. The fourth-order valence-electron chi connectivity index (χ4n) is 5.33. The zero-order valence-corrected chi connectivity index (χ0v) is 27.1. The second kappa shape index (κ2) is 15.1. The summed E-state index contributed by atoms with van der Waals surface area (Å²) < 4.78 is 94.0. The summed E-state index contributed by atoms with van der Waals surface area (Å²) in [6, 6.07) is 5.90. The number of benzene rings is 2. The maximum Gasteiger partial charge on any atom is 0.416 e. The molecule has 1 aromatic heterocycles. The number of carbonyl (C=O) groups excluding carboxylic acids is 2. The van der Waals surface area contributed by atoms with Crippen LogP contribution in [0.15, 0.2) is 48.5 Å². The Bertz CT molecular complexity index is 1690. The molecule has 0 unspecified atom stereocenters. The zero-order chi connectivity index (χ0) is 35.3. The lowest BCUT2D eigenvalue weighted by molar-refractivity contribution is -0.137. The topological polar surface area (TPSA) is 153 Å². The molecule has 16 heteroatoms. The van der Waals surface area contributed by atoms with Gasteiger partial charge in [-0.05, 0) is 74.1 Å². The van der Waals surface area contributed by atoms with E-state index in [2.05, 4.69) is 26.1 Å². The molecule has 0 bridgehead atoms. The quantitative estimate of drug-likeness (QED) is 0.143. The second-order valence-corrected chi connectivity index (χ2v) is 14.4. The Morgan fingerprint density at radius 2 is 1.75 bits per heavy atom. The molecule has 1 aliphatic rings. The highest BCUT2D eigenvalue weighted by molar-refractivity contribution is 7.91. The Morgan fingerprint density at radius 3 is 2.33 bits per heavy atom. The van der Waals surface area contributed by atoms with Gasteiger partial charge >= 0.3 is 6.18 Å². The third kappa shape index (κ3) is 10.1. The van der Waals surface area contributed by atoms with Gasteiger partial charge < -0.3 is 21.1 Å². The number of nitrogens with one attached hydrogen (secondary N) is 4. The van der Waals surface area contributed by atoms with Gasteiger partial charge in [0.25, 0.3) is 5.91 Å². The Hall–Kier alpha value is -3.89. The van der Waals surface area contributed by atoms with Gasteiger partial charge in [-0.2, -0.15) is 18.3 Å². The molecule has 3 aromatic rings. The maximum absolute atomic E-state index is 14.1. The summed E-state index contributed by atoms with van der Waals surface area (Å²) in [7, 11) is -3.86. The highest BCUT2D eigenvalue weighted by Gasteiger charge is 2.45. The molecule has 4 rings (SSSR count). The first-order valence-corrected chi connectivity index (χ1v) is 17.2. The average molecular weight is 700 g/mol. The van der Waals surface area contributed by atoms with Gasteiger partial charge in [-0.25, -0.2) is 17.2 Å². The first-order valence-electron chi connectivity index (χ1n) is 15.4. The van der Waals surface area contributed by atoms with Crippen LogP contribution in [0.25, 0.3) is 0 Å². The molecule has 5 N–H and O–H groups in total. The van der Waals surface area contributed by atoms with E-state index in [9.17, 15) is 45.1 Å². The van der Waals surface area contributed by atoms with E-state index in [1.54, 1.807) is 13.8 Å². The molecule has 2 amide bonds. The standard InChI is InChI=1S/C32H38F5N5O5S/c1-3-4-10-48(46,47)18-27(40-29(44)26-11-19(2)41-42-26)30(45)39-25(14-20-12-23(33)16-24(34)13-20)28(43)17-38-31(8-9-31)21-6-5-7-22(15-21)32(35,36)37/h5-7,11-13,15-16,25,27-28,38,43H,3-4,8-10,14,17-18H2,1-2H3,(H,39,45)(H,40,44)(H,41,42)/t25-,27+,28+/m0/s1. The number of amides is 2. The molecular formula is C32H38F5N5O5S. The van der Waals surface area contributed by atoms with Crippen molar-refractivity contribution in [3.05, 3.63) is 88.2 Å². The highest BCUT2D eigenvalue weighted by atomic mass is 32.2. The molecule has 10 nitrogen and oxygen atoms in total. The number of alkyl halides is 3. The molecule has 48 heavy (non-hydrogen) atoms. The minimum atomic E-state index is -4.56. The molecule has 3 atom stereocenters. The smallest absolute Gasteiger partial charge is 0.390 e. The summed E-state index contributed by atoms with van der Waals surface area (Å²) in [4.78, 5) is 26.6. The summed E-state index contributed by atoms with van der Waals surface area (Å²) in [5.74, 6) is -4.68. The van der Waals surface area contributed by atoms with Crippen LogP contribution in [-0.4, -0.2) is 71.8 Å². The van der Waals surface area contributed by atoms with Crippen molar-refractivity contribution in [2.24, 2.45) is 0 Å². The van der Waals surface area contributed by atoms with E-state index in [-0.39, 0.29) is 30.0 Å².